The third kappa shape index (κ3) is 1.84. The Morgan fingerprint density at radius 2 is 2.50 bits per heavy atom. The van der Waals surface area contributed by atoms with Crippen molar-refractivity contribution < 1.29 is 0 Å². The molecular weight excluding hydrogens is 188 g/mol. The molecule has 62 valence electrons. The number of nitrogens with one attached hydrogen (secondary N) is 1. The Kier molecular flexibility index (Phi) is 2.39. The van der Waals surface area contributed by atoms with E-state index in [0.29, 0.717) is 0 Å². The molecule has 2 aromatic heterocycles. The van der Waals surface area contributed by atoms with Gasteiger partial charge in [-0.25, -0.2) is 0 Å². The van der Waals surface area contributed by atoms with Gasteiger partial charge in [0.25, 0.3) is 0 Å². The fourth-order valence-electron chi connectivity index (χ4n) is 0.884. The monoisotopic (exact) mass is 196 g/mol. The Balaban J connectivity index is 1.91. The van der Waals surface area contributed by atoms with Crippen LogP contribution in [-0.4, -0.2) is 4.98 Å². The molecule has 4 heteroatoms. The number of hydrogen-bond donors (Lipinski definition) is 1. The maximum Gasteiger partial charge on any atom is 0.0794 e. The molecule has 0 spiro atoms. The van der Waals surface area contributed by atoms with E-state index in [2.05, 4.69) is 27.1 Å². The van der Waals surface area contributed by atoms with E-state index in [1.54, 1.807) is 22.7 Å². The van der Waals surface area contributed by atoms with E-state index in [-0.39, 0.29) is 0 Å². The largest absolute Gasteiger partial charge is 0.379 e. The van der Waals surface area contributed by atoms with Gasteiger partial charge in [-0.3, -0.25) is 4.98 Å². The Bertz CT molecular complexity index is 278. The number of anilines is 1. The Morgan fingerprint density at radius 3 is 3.17 bits per heavy atom. The molecule has 0 fully saturated rings. The maximum atomic E-state index is 4.00. The van der Waals surface area contributed by atoms with Crippen molar-refractivity contribution in [3.05, 3.63) is 33.4 Å². The van der Waals surface area contributed by atoms with Gasteiger partial charge in [0.1, 0.15) is 0 Å². The molecule has 0 radical (unpaired) electrons. The summed E-state index contributed by atoms with van der Waals surface area (Å²) in [7, 11) is 0. The van der Waals surface area contributed by atoms with Crippen molar-refractivity contribution in [1.82, 2.24) is 4.98 Å². The molecule has 0 saturated carbocycles. The van der Waals surface area contributed by atoms with Gasteiger partial charge >= 0.3 is 0 Å². The number of thiophene rings is 1. The van der Waals surface area contributed by atoms with Gasteiger partial charge in [-0.2, -0.15) is 11.3 Å². The summed E-state index contributed by atoms with van der Waals surface area (Å²) in [6.45, 7) is 0.876. The second-order valence-corrected chi connectivity index (χ2v) is 4.08. The lowest BCUT2D eigenvalue weighted by Crippen LogP contribution is -1.94. The fraction of sp³-hybridized carbons (Fsp3) is 0.125. The van der Waals surface area contributed by atoms with Crippen molar-refractivity contribution in [3.63, 3.8) is 0 Å². The first kappa shape index (κ1) is 7.76. The number of aromatic nitrogens is 1. The van der Waals surface area contributed by atoms with E-state index in [4.69, 9.17) is 0 Å². The molecule has 0 aliphatic rings. The Morgan fingerprint density at radius 1 is 1.50 bits per heavy atom. The second-order valence-electron chi connectivity index (χ2n) is 2.33. The highest BCUT2D eigenvalue weighted by Gasteiger charge is 1.94. The number of hydrogen-bond acceptors (Lipinski definition) is 4. The summed E-state index contributed by atoms with van der Waals surface area (Å²) in [4.78, 5) is 5.27. The van der Waals surface area contributed by atoms with Crippen LogP contribution in [0, 0.1) is 0 Å². The molecule has 1 N–H and O–H groups in total. The van der Waals surface area contributed by atoms with Crippen LogP contribution in [0.3, 0.4) is 0 Å². The first-order valence-corrected chi connectivity index (χ1v) is 5.41. The quantitative estimate of drug-likeness (QED) is 0.816. The van der Waals surface area contributed by atoms with Crippen molar-refractivity contribution in [2.24, 2.45) is 0 Å². The highest BCUT2D eigenvalue weighted by molar-refractivity contribution is 7.09. The summed E-state index contributed by atoms with van der Waals surface area (Å²) in [6, 6.07) is 2.08. The zero-order chi connectivity index (χ0) is 8.23. The van der Waals surface area contributed by atoms with Gasteiger partial charge in [0.05, 0.1) is 12.1 Å². The van der Waals surface area contributed by atoms with Gasteiger partial charge in [-0.1, -0.05) is 0 Å². The topological polar surface area (TPSA) is 24.9 Å². The van der Waals surface area contributed by atoms with Crippen LogP contribution in [0.25, 0.3) is 0 Å². The van der Waals surface area contributed by atoms with E-state index in [0.717, 1.165) is 6.54 Å². The normalized spacial score (nSPS) is 10.0. The van der Waals surface area contributed by atoms with Crippen LogP contribution in [0.15, 0.2) is 28.5 Å². The minimum Gasteiger partial charge on any atom is -0.379 e. The predicted octanol–water partition coefficient (Wildman–Crippen LogP) is 2.82. The van der Waals surface area contributed by atoms with Crippen molar-refractivity contribution in [2.45, 2.75) is 6.54 Å². The fourth-order valence-corrected chi connectivity index (χ4v) is 2.03. The summed E-state index contributed by atoms with van der Waals surface area (Å²) >= 11 is 3.38. The first-order chi connectivity index (χ1) is 5.95. The van der Waals surface area contributed by atoms with E-state index in [1.165, 1.54) is 10.6 Å². The first-order valence-electron chi connectivity index (χ1n) is 3.58. The van der Waals surface area contributed by atoms with Crippen LogP contribution in [0.5, 0.6) is 0 Å². The molecular formula is C8H8N2S2. The Labute approximate surface area is 78.9 Å². The summed E-state index contributed by atoms with van der Waals surface area (Å²) in [5.41, 5.74) is 3.04. The predicted molar refractivity (Wildman–Crippen MR) is 53.8 cm³/mol. The van der Waals surface area contributed by atoms with Gasteiger partial charge in [-0.15, -0.1) is 11.3 Å². The number of thiazole rings is 1. The molecule has 0 amide bonds. The molecule has 0 aliphatic heterocycles. The third-order valence-corrected chi connectivity index (χ3v) is 2.93. The minimum absolute atomic E-state index is 0.876. The van der Waals surface area contributed by atoms with Gasteiger partial charge in [0.2, 0.25) is 0 Å². The van der Waals surface area contributed by atoms with Crippen LogP contribution >= 0.6 is 22.7 Å². The van der Waals surface area contributed by atoms with Gasteiger partial charge in [0.15, 0.2) is 0 Å². The van der Waals surface area contributed by atoms with E-state index < -0.39 is 0 Å². The Hall–Kier alpha value is -0.870. The molecule has 2 nitrogen and oxygen atoms in total. The van der Waals surface area contributed by atoms with Crippen LogP contribution < -0.4 is 5.32 Å². The molecule has 0 unspecified atom stereocenters. The van der Waals surface area contributed by atoms with E-state index in [9.17, 15) is 0 Å². The lowest BCUT2D eigenvalue weighted by atomic mass is 10.5. The average Bonchev–Trinajstić information content (AvgIpc) is 2.74. The standard InChI is InChI=1S/C8H8N2S2/c1-2-11-5-7(1)10-4-8-3-9-6-12-8/h1-3,5-6,10H,4H2. The van der Waals surface area contributed by atoms with Gasteiger partial charge in [0, 0.05) is 22.1 Å². The highest BCUT2D eigenvalue weighted by Crippen LogP contribution is 2.14. The molecule has 2 heterocycles. The zero-order valence-electron chi connectivity index (χ0n) is 6.36. The molecule has 0 atom stereocenters. The summed E-state index contributed by atoms with van der Waals surface area (Å²) < 4.78 is 0. The SMILES string of the molecule is c1cc(NCc2cncs2)cs1. The van der Waals surface area contributed by atoms with Crippen molar-refractivity contribution in [2.75, 3.05) is 5.32 Å². The molecule has 0 bridgehead atoms. The van der Waals surface area contributed by atoms with Crippen molar-refractivity contribution >= 4 is 28.4 Å². The maximum absolute atomic E-state index is 4.00. The molecule has 0 aromatic carbocycles. The average molecular weight is 196 g/mol. The van der Waals surface area contributed by atoms with Crippen LogP contribution in [0.1, 0.15) is 4.88 Å². The molecule has 2 rings (SSSR count). The third-order valence-electron chi connectivity index (χ3n) is 1.47. The smallest absolute Gasteiger partial charge is 0.0794 e. The van der Waals surface area contributed by atoms with Crippen molar-refractivity contribution in [1.29, 1.82) is 0 Å². The molecule has 0 aliphatic carbocycles. The number of rotatable bonds is 3. The van der Waals surface area contributed by atoms with Crippen LogP contribution in [0.4, 0.5) is 5.69 Å². The molecule has 2 aromatic rings. The minimum atomic E-state index is 0.876. The highest BCUT2D eigenvalue weighted by atomic mass is 32.1. The second kappa shape index (κ2) is 3.69. The lowest BCUT2D eigenvalue weighted by Gasteiger charge is -1.98. The van der Waals surface area contributed by atoms with Crippen LogP contribution in [-0.2, 0) is 6.54 Å². The van der Waals surface area contributed by atoms with Crippen LogP contribution in [0.2, 0.25) is 0 Å². The van der Waals surface area contributed by atoms with Crippen molar-refractivity contribution in [3.8, 4) is 0 Å². The summed E-state index contributed by atoms with van der Waals surface area (Å²) in [5, 5.41) is 7.47. The molecule has 0 saturated heterocycles. The van der Waals surface area contributed by atoms with Gasteiger partial charge < -0.3 is 5.32 Å². The number of nitrogens with zero attached hydrogens (tertiary/aromatic N) is 1. The molecule has 12 heavy (non-hydrogen) atoms. The van der Waals surface area contributed by atoms with E-state index >= 15 is 0 Å². The van der Waals surface area contributed by atoms with Gasteiger partial charge in [-0.05, 0) is 11.4 Å². The lowest BCUT2D eigenvalue weighted by molar-refractivity contribution is 1.18. The van der Waals surface area contributed by atoms with E-state index in [1.807, 2.05) is 11.7 Å². The summed E-state index contributed by atoms with van der Waals surface area (Å²) in [6.07, 6.45) is 1.89. The summed E-state index contributed by atoms with van der Waals surface area (Å²) in [5.74, 6) is 0. The zero-order valence-corrected chi connectivity index (χ0v) is 7.99.